The lowest BCUT2D eigenvalue weighted by molar-refractivity contribution is 0.0402. The largest absolute Gasteiger partial charge is 0.450 e. The minimum Gasteiger partial charge on any atom is -0.450 e. The maximum atomic E-state index is 12.9. The molecule has 4 heterocycles. The molecular formula is C19H19ClN6O5. The maximum absolute atomic E-state index is 12.9. The van der Waals surface area contributed by atoms with Crippen molar-refractivity contribution in [3.63, 3.8) is 0 Å². The van der Waals surface area contributed by atoms with Gasteiger partial charge in [-0.2, -0.15) is 0 Å². The first-order valence-corrected chi connectivity index (χ1v) is 10.0. The number of halogens is 1. The number of carbonyl (C=O) groups is 3. The zero-order chi connectivity index (χ0) is 22.0. The van der Waals surface area contributed by atoms with E-state index in [9.17, 15) is 14.4 Å². The van der Waals surface area contributed by atoms with E-state index in [1.807, 2.05) is 0 Å². The van der Waals surface area contributed by atoms with Gasteiger partial charge in [-0.3, -0.25) is 9.78 Å². The molecule has 11 nitrogen and oxygen atoms in total. The normalized spacial score (nSPS) is 18.1. The third-order valence-corrected chi connectivity index (χ3v) is 5.07. The van der Waals surface area contributed by atoms with Crippen molar-refractivity contribution in [2.75, 3.05) is 37.7 Å². The monoisotopic (exact) mass is 446 g/mol. The number of anilines is 1. The smallest absolute Gasteiger partial charge is 0.412 e. The Balaban J connectivity index is 1.51. The summed E-state index contributed by atoms with van der Waals surface area (Å²) in [4.78, 5) is 54.2. The Morgan fingerprint density at radius 1 is 1.06 bits per heavy atom. The summed E-state index contributed by atoms with van der Waals surface area (Å²) in [5.41, 5.74) is 0.312. The lowest BCUT2D eigenvalue weighted by atomic mass is 10.3. The molecule has 0 saturated carbocycles. The summed E-state index contributed by atoms with van der Waals surface area (Å²) in [6, 6.07) is 3.12. The van der Waals surface area contributed by atoms with Crippen LogP contribution in [-0.4, -0.2) is 75.6 Å². The maximum Gasteiger partial charge on any atom is 0.412 e. The molecule has 1 atom stereocenters. The van der Waals surface area contributed by atoms with Crippen LogP contribution in [0.1, 0.15) is 29.3 Å². The third-order valence-electron chi connectivity index (χ3n) is 4.85. The van der Waals surface area contributed by atoms with E-state index >= 15 is 0 Å². The van der Waals surface area contributed by atoms with Gasteiger partial charge in [-0.1, -0.05) is 11.6 Å². The molecular weight excluding hydrogens is 428 g/mol. The van der Waals surface area contributed by atoms with E-state index in [4.69, 9.17) is 21.1 Å². The van der Waals surface area contributed by atoms with Crippen LogP contribution < -0.4 is 4.90 Å². The summed E-state index contributed by atoms with van der Waals surface area (Å²) in [5, 5.41) is 0.400. The van der Waals surface area contributed by atoms with Crippen LogP contribution in [0.4, 0.5) is 15.4 Å². The number of fused-ring (bicyclic) bond motifs is 1. The molecule has 2 aromatic heterocycles. The molecule has 0 unspecified atom stereocenters. The summed E-state index contributed by atoms with van der Waals surface area (Å²) in [7, 11) is 0. The van der Waals surface area contributed by atoms with Crippen LogP contribution in [0.15, 0.2) is 30.7 Å². The van der Waals surface area contributed by atoms with E-state index < -0.39 is 24.3 Å². The Bertz CT molecular complexity index is 996. The molecule has 31 heavy (non-hydrogen) atoms. The van der Waals surface area contributed by atoms with Crippen LogP contribution in [0.5, 0.6) is 0 Å². The highest BCUT2D eigenvalue weighted by Crippen LogP contribution is 2.35. The minimum absolute atomic E-state index is 0.0872. The molecule has 0 radical (unpaired) electrons. The molecule has 162 valence electrons. The fourth-order valence-corrected chi connectivity index (χ4v) is 3.45. The predicted molar refractivity (Wildman–Crippen MR) is 107 cm³/mol. The first kappa shape index (κ1) is 20.8. The Hall–Kier alpha value is -3.47. The van der Waals surface area contributed by atoms with E-state index in [-0.39, 0.29) is 36.9 Å². The van der Waals surface area contributed by atoms with Crippen molar-refractivity contribution >= 4 is 35.5 Å². The number of piperazine rings is 1. The van der Waals surface area contributed by atoms with Crippen molar-refractivity contribution in [3.05, 3.63) is 47.1 Å². The Morgan fingerprint density at radius 3 is 2.39 bits per heavy atom. The number of aromatic nitrogens is 3. The quantitative estimate of drug-likeness (QED) is 0.703. The van der Waals surface area contributed by atoms with Gasteiger partial charge in [-0.15, -0.1) is 0 Å². The first-order valence-electron chi connectivity index (χ1n) is 9.63. The molecule has 0 aromatic carbocycles. The van der Waals surface area contributed by atoms with Gasteiger partial charge in [0, 0.05) is 44.8 Å². The van der Waals surface area contributed by atoms with Crippen LogP contribution in [0.3, 0.4) is 0 Å². The Kier molecular flexibility index (Phi) is 5.85. The summed E-state index contributed by atoms with van der Waals surface area (Å²) in [5.74, 6) is -0.234. The van der Waals surface area contributed by atoms with Gasteiger partial charge < -0.3 is 19.3 Å². The van der Waals surface area contributed by atoms with Crippen molar-refractivity contribution in [1.82, 2.24) is 24.8 Å². The highest BCUT2D eigenvalue weighted by molar-refractivity contribution is 6.30. The van der Waals surface area contributed by atoms with E-state index in [1.54, 1.807) is 19.1 Å². The van der Waals surface area contributed by atoms with Gasteiger partial charge in [0.15, 0.2) is 5.69 Å². The van der Waals surface area contributed by atoms with Crippen molar-refractivity contribution in [1.29, 1.82) is 0 Å². The zero-order valence-electron chi connectivity index (χ0n) is 16.6. The molecule has 0 spiro atoms. The number of nitrogens with zero attached hydrogens (tertiary/aromatic N) is 6. The fraction of sp³-hybridized carbons (Fsp3) is 0.368. The van der Waals surface area contributed by atoms with Crippen molar-refractivity contribution < 1.29 is 23.9 Å². The number of amides is 3. The summed E-state index contributed by atoms with van der Waals surface area (Å²) in [6.45, 7) is 3.19. The minimum atomic E-state index is -1.12. The first-order chi connectivity index (χ1) is 15.0. The van der Waals surface area contributed by atoms with Gasteiger partial charge in [-0.05, 0) is 19.1 Å². The van der Waals surface area contributed by atoms with Crippen LogP contribution in [0.25, 0.3) is 0 Å². The van der Waals surface area contributed by atoms with Crippen molar-refractivity contribution in [2.45, 2.75) is 13.2 Å². The van der Waals surface area contributed by atoms with E-state index in [0.717, 1.165) is 0 Å². The van der Waals surface area contributed by atoms with Crippen molar-refractivity contribution in [3.8, 4) is 0 Å². The second-order valence-electron chi connectivity index (χ2n) is 6.71. The fourth-order valence-electron chi connectivity index (χ4n) is 3.34. The number of ether oxygens (including phenoxy) is 2. The predicted octanol–water partition coefficient (Wildman–Crippen LogP) is 2.09. The lowest BCUT2D eigenvalue weighted by Crippen LogP contribution is -2.51. The molecule has 0 N–H and O–H groups in total. The molecule has 2 aromatic rings. The average molecular weight is 447 g/mol. The molecule has 12 heteroatoms. The number of rotatable bonds is 3. The Morgan fingerprint density at radius 2 is 1.74 bits per heavy atom. The van der Waals surface area contributed by atoms with Gasteiger partial charge in [0.05, 0.1) is 11.6 Å². The second-order valence-corrected chi connectivity index (χ2v) is 7.15. The molecule has 0 aliphatic carbocycles. The van der Waals surface area contributed by atoms with Crippen LogP contribution >= 0.6 is 11.6 Å². The van der Waals surface area contributed by atoms with Crippen LogP contribution in [0, 0.1) is 0 Å². The number of pyridine rings is 1. The highest BCUT2D eigenvalue weighted by atomic mass is 35.5. The van der Waals surface area contributed by atoms with Crippen molar-refractivity contribution in [2.24, 2.45) is 0 Å². The average Bonchev–Trinajstić information content (AvgIpc) is 3.06. The van der Waals surface area contributed by atoms with Crippen LogP contribution in [-0.2, 0) is 9.47 Å². The zero-order valence-corrected chi connectivity index (χ0v) is 17.4. The summed E-state index contributed by atoms with van der Waals surface area (Å²) < 4.78 is 10.7. The number of hydrogen-bond acceptors (Lipinski definition) is 8. The molecule has 3 amide bonds. The van der Waals surface area contributed by atoms with E-state index in [1.165, 1.54) is 33.3 Å². The molecule has 1 fully saturated rings. The second kappa shape index (κ2) is 8.72. The van der Waals surface area contributed by atoms with Gasteiger partial charge >= 0.3 is 12.2 Å². The number of hydrogen-bond donors (Lipinski definition) is 0. The van der Waals surface area contributed by atoms with Gasteiger partial charge in [-0.25, -0.2) is 24.5 Å². The lowest BCUT2D eigenvalue weighted by Gasteiger charge is -2.34. The standard InChI is InChI=1S/C19H19ClN6O5/c1-2-30-18(28)24-7-9-25(10-8-24)19(29)31-17-15-14(21-5-6-22-15)16(27)26(17)13-4-3-12(20)11-23-13/h3-6,11,17H,2,7-10H2,1H3/t17-/m0/s1. The van der Waals surface area contributed by atoms with Crippen LogP contribution in [0.2, 0.25) is 5.02 Å². The Labute approximate surface area is 182 Å². The van der Waals surface area contributed by atoms with E-state index in [2.05, 4.69) is 15.0 Å². The SMILES string of the molecule is CCOC(=O)N1CCN(C(=O)O[C@H]2c3nccnc3C(=O)N2c2ccc(Cl)cn2)CC1. The van der Waals surface area contributed by atoms with Gasteiger partial charge in [0.1, 0.15) is 11.5 Å². The molecule has 4 rings (SSSR count). The molecule has 1 saturated heterocycles. The summed E-state index contributed by atoms with van der Waals surface area (Å²) in [6.07, 6.45) is 2.02. The molecule has 2 aliphatic rings. The highest BCUT2D eigenvalue weighted by Gasteiger charge is 2.44. The van der Waals surface area contributed by atoms with E-state index in [0.29, 0.717) is 18.1 Å². The number of carbonyl (C=O) groups excluding carboxylic acids is 3. The van der Waals surface area contributed by atoms with Gasteiger partial charge in [0.2, 0.25) is 6.23 Å². The van der Waals surface area contributed by atoms with Gasteiger partial charge in [0.25, 0.3) is 5.91 Å². The summed E-state index contributed by atoms with van der Waals surface area (Å²) >= 11 is 5.90. The topological polar surface area (TPSA) is 118 Å². The third kappa shape index (κ3) is 4.08. The molecule has 0 bridgehead atoms. The molecule has 2 aliphatic heterocycles.